The van der Waals surface area contributed by atoms with Gasteiger partial charge in [-0.3, -0.25) is 9.52 Å². The molecule has 1 aromatic rings. The van der Waals surface area contributed by atoms with Crippen molar-refractivity contribution >= 4 is 27.3 Å². The number of anilines is 2. The Morgan fingerprint density at radius 3 is 2.70 bits per heavy atom. The number of amides is 1. The molecule has 1 heterocycles. The Balaban J connectivity index is 1.91. The smallest absolute Gasteiger partial charge is 0.229 e. The summed E-state index contributed by atoms with van der Waals surface area (Å²) in [5, 5.41) is 5.96. The van der Waals surface area contributed by atoms with Crippen molar-refractivity contribution in [2.75, 3.05) is 29.4 Å². The predicted octanol–water partition coefficient (Wildman–Crippen LogP) is 1.92. The van der Waals surface area contributed by atoms with Crippen LogP contribution in [0.1, 0.15) is 25.7 Å². The summed E-state index contributed by atoms with van der Waals surface area (Å²) in [6.07, 6.45) is 4.31. The summed E-state index contributed by atoms with van der Waals surface area (Å²) in [7, 11) is -3.58. The van der Waals surface area contributed by atoms with E-state index in [-0.39, 0.29) is 11.6 Å². The fraction of sp³-hybridized carbons (Fsp3) is 0.533. The molecule has 2 rings (SSSR count). The summed E-state index contributed by atoms with van der Waals surface area (Å²) in [6.45, 7) is 1.98. The Labute approximate surface area is 135 Å². The van der Waals surface area contributed by atoms with Gasteiger partial charge < -0.3 is 10.6 Å². The van der Waals surface area contributed by atoms with Gasteiger partial charge in [0.15, 0.2) is 0 Å². The number of benzene rings is 1. The van der Waals surface area contributed by atoms with Crippen molar-refractivity contribution < 1.29 is 17.6 Å². The lowest BCUT2D eigenvalue weighted by Crippen LogP contribution is -2.28. The van der Waals surface area contributed by atoms with E-state index in [1.807, 2.05) is 0 Å². The third-order valence-corrected chi connectivity index (χ3v) is 4.37. The fourth-order valence-corrected chi connectivity index (χ4v) is 3.17. The second kappa shape index (κ2) is 7.74. The van der Waals surface area contributed by atoms with E-state index >= 15 is 0 Å². The minimum Gasteiger partial charge on any atom is -0.326 e. The molecule has 0 saturated carbocycles. The number of nitrogens with one attached hydrogen (secondary N) is 3. The molecule has 0 unspecified atom stereocenters. The molecule has 1 aromatic carbocycles. The Morgan fingerprint density at radius 1 is 1.35 bits per heavy atom. The highest BCUT2D eigenvalue weighted by Crippen LogP contribution is 2.22. The molecule has 128 valence electrons. The minimum absolute atomic E-state index is 0.152. The van der Waals surface area contributed by atoms with Gasteiger partial charge in [-0.2, -0.15) is 0 Å². The Hall–Kier alpha value is -1.67. The van der Waals surface area contributed by atoms with E-state index in [0.29, 0.717) is 18.0 Å². The maximum absolute atomic E-state index is 13.6. The standard InChI is InChI=1S/C15H22FN3O3S/c1-23(21,22)19-14-10-12(3-4-13(14)16)18-15(20)5-2-11-6-8-17-9-7-11/h3-4,10-11,17,19H,2,5-9H2,1H3,(H,18,20). The van der Waals surface area contributed by atoms with Crippen LogP contribution in [0.4, 0.5) is 15.8 Å². The molecular weight excluding hydrogens is 321 g/mol. The average molecular weight is 343 g/mol. The molecule has 1 aliphatic rings. The first-order valence-corrected chi connectivity index (χ1v) is 9.50. The summed E-state index contributed by atoms with van der Waals surface area (Å²) in [4.78, 5) is 12.0. The van der Waals surface area contributed by atoms with Gasteiger partial charge >= 0.3 is 0 Å². The molecule has 1 aliphatic heterocycles. The lowest BCUT2D eigenvalue weighted by atomic mass is 9.93. The molecule has 8 heteroatoms. The van der Waals surface area contributed by atoms with Gasteiger partial charge in [-0.25, -0.2) is 12.8 Å². The van der Waals surface area contributed by atoms with E-state index < -0.39 is 15.8 Å². The van der Waals surface area contributed by atoms with Crippen molar-refractivity contribution in [3.05, 3.63) is 24.0 Å². The van der Waals surface area contributed by atoms with Crippen molar-refractivity contribution in [3.63, 3.8) is 0 Å². The average Bonchev–Trinajstić information content (AvgIpc) is 2.48. The Morgan fingerprint density at radius 2 is 2.04 bits per heavy atom. The molecule has 0 aliphatic carbocycles. The number of hydrogen-bond acceptors (Lipinski definition) is 4. The van der Waals surface area contributed by atoms with Crippen LogP contribution in [0.25, 0.3) is 0 Å². The van der Waals surface area contributed by atoms with Crippen molar-refractivity contribution in [3.8, 4) is 0 Å². The van der Waals surface area contributed by atoms with Gasteiger partial charge in [0.05, 0.1) is 11.9 Å². The summed E-state index contributed by atoms with van der Waals surface area (Å²) < 4.78 is 38.1. The molecule has 0 bridgehead atoms. The lowest BCUT2D eigenvalue weighted by Gasteiger charge is -2.22. The molecule has 0 radical (unpaired) electrons. The van der Waals surface area contributed by atoms with E-state index in [1.54, 1.807) is 0 Å². The molecule has 23 heavy (non-hydrogen) atoms. The van der Waals surface area contributed by atoms with Crippen molar-refractivity contribution in [2.45, 2.75) is 25.7 Å². The SMILES string of the molecule is CS(=O)(=O)Nc1cc(NC(=O)CCC2CCNCC2)ccc1F. The fourth-order valence-electron chi connectivity index (χ4n) is 2.61. The van der Waals surface area contributed by atoms with Gasteiger partial charge in [0.25, 0.3) is 0 Å². The Kier molecular flexibility index (Phi) is 5.95. The highest BCUT2D eigenvalue weighted by Gasteiger charge is 2.15. The number of halogens is 1. The minimum atomic E-state index is -3.58. The number of carbonyl (C=O) groups is 1. The van der Waals surface area contributed by atoms with Crippen LogP contribution >= 0.6 is 0 Å². The van der Waals surface area contributed by atoms with Crippen LogP contribution < -0.4 is 15.4 Å². The van der Waals surface area contributed by atoms with Crippen LogP contribution in [-0.4, -0.2) is 33.7 Å². The molecule has 6 nitrogen and oxygen atoms in total. The van der Waals surface area contributed by atoms with Crippen LogP contribution in [0.5, 0.6) is 0 Å². The predicted molar refractivity (Wildman–Crippen MR) is 88.3 cm³/mol. The highest BCUT2D eigenvalue weighted by atomic mass is 32.2. The van der Waals surface area contributed by atoms with Gasteiger partial charge in [0, 0.05) is 12.1 Å². The second-order valence-corrected chi connectivity index (χ2v) is 7.60. The largest absolute Gasteiger partial charge is 0.326 e. The van der Waals surface area contributed by atoms with E-state index in [9.17, 15) is 17.6 Å². The van der Waals surface area contributed by atoms with Gasteiger partial charge in [-0.1, -0.05) is 0 Å². The molecule has 1 fully saturated rings. The third-order valence-electron chi connectivity index (χ3n) is 3.78. The van der Waals surface area contributed by atoms with Crippen LogP contribution in [0.2, 0.25) is 0 Å². The van der Waals surface area contributed by atoms with Gasteiger partial charge in [0.1, 0.15) is 5.82 Å². The zero-order valence-corrected chi connectivity index (χ0v) is 13.9. The highest BCUT2D eigenvalue weighted by molar-refractivity contribution is 7.92. The van der Waals surface area contributed by atoms with Crippen LogP contribution in [0, 0.1) is 11.7 Å². The van der Waals surface area contributed by atoms with Crippen LogP contribution in [0.15, 0.2) is 18.2 Å². The van der Waals surface area contributed by atoms with E-state index in [2.05, 4.69) is 15.4 Å². The van der Waals surface area contributed by atoms with Crippen LogP contribution in [-0.2, 0) is 14.8 Å². The zero-order valence-electron chi connectivity index (χ0n) is 13.1. The zero-order chi connectivity index (χ0) is 16.9. The quantitative estimate of drug-likeness (QED) is 0.736. The molecule has 1 amide bonds. The monoisotopic (exact) mass is 343 g/mol. The number of hydrogen-bond donors (Lipinski definition) is 3. The van der Waals surface area contributed by atoms with E-state index in [4.69, 9.17) is 0 Å². The first-order chi connectivity index (χ1) is 10.8. The number of piperidine rings is 1. The lowest BCUT2D eigenvalue weighted by molar-refractivity contribution is -0.116. The molecule has 0 aromatic heterocycles. The summed E-state index contributed by atoms with van der Waals surface area (Å²) in [5.41, 5.74) is 0.191. The number of carbonyl (C=O) groups excluding carboxylic acids is 1. The third kappa shape index (κ3) is 6.15. The summed E-state index contributed by atoms with van der Waals surface area (Å²) >= 11 is 0. The maximum atomic E-state index is 13.6. The first-order valence-electron chi connectivity index (χ1n) is 7.61. The summed E-state index contributed by atoms with van der Waals surface area (Å²) in [5.74, 6) is -0.291. The van der Waals surface area contributed by atoms with Crippen molar-refractivity contribution in [1.82, 2.24) is 5.32 Å². The molecule has 0 spiro atoms. The maximum Gasteiger partial charge on any atom is 0.229 e. The molecule has 1 saturated heterocycles. The van der Waals surface area contributed by atoms with Gasteiger partial charge in [-0.05, 0) is 56.5 Å². The number of rotatable bonds is 6. The van der Waals surface area contributed by atoms with Gasteiger partial charge in [-0.15, -0.1) is 0 Å². The Bertz CT molecular complexity index is 658. The van der Waals surface area contributed by atoms with E-state index in [1.165, 1.54) is 12.1 Å². The topological polar surface area (TPSA) is 87.3 Å². The second-order valence-electron chi connectivity index (χ2n) is 5.85. The molecular formula is C15H22FN3O3S. The van der Waals surface area contributed by atoms with Gasteiger partial charge in [0.2, 0.25) is 15.9 Å². The first kappa shape index (κ1) is 17.7. The number of sulfonamides is 1. The van der Waals surface area contributed by atoms with Crippen molar-refractivity contribution in [1.29, 1.82) is 0 Å². The summed E-state index contributed by atoms with van der Waals surface area (Å²) in [6, 6.07) is 3.81. The molecule has 0 atom stereocenters. The van der Waals surface area contributed by atoms with Crippen LogP contribution in [0.3, 0.4) is 0 Å². The normalized spacial score (nSPS) is 16.1. The van der Waals surface area contributed by atoms with E-state index in [0.717, 1.165) is 44.7 Å². The molecule has 3 N–H and O–H groups in total. The van der Waals surface area contributed by atoms with Crippen molar-refractivity contribution in [2.24, 2.45) is 5.92 Å².